The number of carbonyl (C=O) groups excluding carboxylic acids is 2. The number of hydrogen-bond donors (Lipinski definition) is 2. The lowest BCUT2D eigenvalue weighted by Crippen LogP contribution is -2.30. The summed E-state index contributed by atoms with van der Waals surface area (Å²) in [4.78, 5) is 46.7. The predicted octanol–water partition coefficient (Wildman–Crippen LogP) is 3.09. The van der Waals surface area contributed by atoms with Gasteiger partial charge in [0.1, 0.15) is 5.82 Å². The summed E-state index contributed by atoms with van der Waals surface area (Å²) in [7, 11) is 0. The summed E-state index contributed by atoms with van der Waals surface area (Å²) in [6, 6.07) is 5.40. The summed E-state index contributed by atoms with van der Waals surface area (Å²) in [5.41, 5.74) is 4.68. The number of hydrogen-bond acceptors (Lipinski definition) is 10. The number of rotatable bonds is 7. The van der Waals surface area contributed by atoms with E-state index in [2.05, 4.69) is 35.3 Å². The molecule has 2 heterocycles. The lowest BCUT2D eigenvalue weighted by atomic mass is 10.2. The minimum absolute atomic E-state index is 0.0330. The quantitative estimate of drug-likeness (QED) is 0.202. The average molecular weight is 532 g/mol. The van der Waals surface area contributed by atoms with Crippen LogP contribution in [0, 0.1) is 0 Å². The van der Waals surface area contributed by atoms with E-state index in [9.17, 15) is 40.7 Å². The van der Waals surface area contributed by atoms with Crippen LogP contribution in [0.1, 0.15) is 6.92 Å². The second kappa shape index (κ2) is 10.5. The molecular weight excluding hydrogens is 518 g/mol. The Labute approximate surface area is 202 Å². The first-order valence-corrected chi connectivity index (χ1v) is 9.93. The zero-order chi connectivity index (χ0) is 27.4. The Morgan fingerprint density at radius 2 is 1.49 bits per heavy atom. The maximum absolute atomic E-state index is 12.7. The molecular formula is C20H14F6N6O5. The van der Waals surface area contributed by atoms with Gasteiger partial charge in [-0.1, -0.05) is 0 Å². The molecule has 17 heteroatoms. The molecule has 37 heavy (non-hydrogen) atoms. The third-order valence-electron chi connectivity index (χ3n) is 4.29. The Bertz CT molecular complexity index is 1360. The third-order valence-corrected chi connectivity index (χ3v) is 4.29. The molecule has 0 aliphatic rings. The van der Waals surface area contributed by atoms with Crippen LogP contribution in [0.5, 0.6) is 11.5 Å². The van der Waals surface area contributed by atoms with E-state index in [1.54, 1.807) is 12.1 Å². The summed E-state index contributed by atoms with van der Waals surface area (Å²) < 4.78 is 85.3. The molecule has 0 saturated heterocycles. The summed E-state index contributed by atoms with van der Waals surface area (Å²) in [6.45, 7) is 1.48. The molecule has 0 unspecified atom stereocenters. The van der Waals surface area contributed by atoms with Crippen molar-refractivity contribution >= 4 is 23.6 Å². The molecule has 11 nitrogen and oxygen atoms in total. The van der Waals surface area contributed by atoms with E-state index in [1.165, 1.54) is 19.3 Å². The first-order chi connectivity index (χ1) is 17.3. The van der Waals surface area contributed by atoms with E-state index >= 15 is 0 Å². The number of pyridine rings is 1. The second-order valence-electron chi connectivity index (χ2n) is 6.82. The molecule has 196 valence electrons. The van der Waals surface area contributed by atoms with Gasteiger partial charge in [0.2, 0.25) is 5.95 Å². The van der Waals surface area contributed by atoms with Crippen molar-refractivity contribution in [2.75, 3.05) is 10.9 Å². The molecule has 0 fully saturated rings. The number of carbonyl (C=O) groups is 2. The zero-order valence-corrected chi connectivity index (χ0v) is 18.3. The number of benzene rings is 1. The van der Waals surface area contributed by atoms with Crippen molar-refractivity contribution in [1.82, 2.24) is 19.5 Å². The van der Waals surface area contributed by atoms with Crippen molar-refractivity contribution in [2.24, 2.45) is 0 Å². The van der Waals surface area contributed by atoms with Gasteiger partial charge in [0.25, 0.3) is 0 Å². The number of nitrogens with one attached hydrogen (secondary N) is 2. The Balaban J connectivity index is 2.05. The van der Waals surface area contributed by atoms with Crippen molar-refractivity contribution in [3.05, 3.63) is 53.2 Å². The van der Waals surface area contributed by atoms with Crippen molar-refractivity contribution in [2.45, 2.75) is 25.8 Å². The van der Waals surface area contributed by atoms with E-state index in [0.29, 0.717) is 17.8 Å². The monoisotopic (exact) mass is 532 g/mol. The number of hydrazine groups is 1. The van der Waals surface area contributed by atoms with Gasteiger partial charge < -0.3 is 9.47 Å². The van der Waals surface area contributed by atoms with Gasteiger partial charge in [0.05, 0.1) is 5.69 Å². The molecule has 1 aromatic carbocycles. The fraction of sp³-hybridized carbons (Fsp3) is 0.200. The first kappa shape index (κ1) is 26.9. The summed E-state index contributed by atoms with van der Waals surface area (Å²) >= 11 is 0. The zero-order valence-electron chi connectivity index (χ0n) is 18.3. The fourth-order valence-electron chi connectivity index (χ4n) is 2.68. The van der Waals surface area contributed by atoms with Crippen LogP contribution in [0.3, 0.4) is 0 Å². The molecule has 3 rings (SSSR count). The smallest absolute Gasteiger partial charge is 0.416 e. The number of aromatic nitrogens is 4. The lowest BCUT2D eigenvalue weighted by Gasteiger charge is -2.16. The predicted molar refractivity (Wildman–Crippen MR) is 112 cm³/mol. The topological polar surface area (TPSA) is 137 Å². The fourth-order valence-corrected chi connectivity index (χ4v) is 2.68. The Kier molecular flexibility index (Phi) is 7.64. The maximum Gasteiger partial charge on any atom is 0.491 e. The minimum Gasteiger partial charge on any atom is -0.416 e. The summed E-state index contributed by atoms with van der Waals surface area (Å²) in [6.07, 6.45) is -8.11. The van der Waals surface area contributed by atoms with Crippen molar-refractivity contribution < 1.29 is 45.4 Å². The van der Waals surface area contributed by atoms with Gasteiger partial charge >= 0.3 is 30.0 Å². The van der Waals surface area contributed by atoms with Gasteiger partial charge in [-0.25, -0.2) is 14.4 Å². The summed E-state index contributed by atoms with van der Waals surface area (Å²) in [5.74, 6) is -8.40. The molecule has 0 radical (unpaired) electrons. The molecule has 2 N–H and O–H groups in total. The van der Waals surface area contributed by atoms with E-state index in [0.717, 1.165) is 10.6 Å². The molecule has 2 aromatic heterocycles. The largest absolute Gasteiger partial charge is 0.491 e. The first-order valence-electron chi connectivity index (χ1n) is 9.93. The van der Waals surface area contributed by atoms with Crippen molar-refractivity contribution in [1.29, 1.82) is 0 Å². The molecule has 0 bridgehead atoms. The van der Waals surface area contributed by atoms with Crippen LogP contribution in [0.25, 0.3) is 11.4 Å². The highest BCUT2D eigenvalue weighted by atomic mass is 19.4. The van der Waals surface area contributed by atoms with E-state index < -0.39 is 41.5 Å². The third kappa shape index (κ3) is 6.71. The van der Waals surface area contributed by atoms with Crippen LogP contribution in [-0.2, 0) is 16.1 Å². The van der Waals surface area contributed by atoms with Gasteiger partial charge in [0, 0.05) is 24.5 Å². The van der Waals surface area contributed by atoms with Gasteiger partial charge in [-0.3, -0.25) is 20.4 Å². The van der Waals surface area contributed by atoms with Gasteiger partial charge in [0.15, 0.2) is 11.5 Å². The normalized spacial score (nSPS) is 11.5. The number of esters is 2. The number of halogens is 6. The van der Waals surface area contributed by atoms with Crippen molar-refractivity contribution in [3.63, 3.8) is 0 Å². The van der Waals surface area contributed by atoms with Crippen molar-refractivity contribution in [3.8, 4) is 22.9 Å². The van der Waals surface area contributed by atoms with E-state index in [4.69, 9.17) is 0 Å². The number of alkyl halides is 6. The molecule has 0 amide bonds. The van der Waals surface area contributed by atoms with Crippen LogP contribution in [0.4, 0.5) is 38.0 Å². The minimum atomic E-state index is -5.53. The van der Waals surface area contributed by atoms with E-state index in [-0.39, 0.29) is 23.9 Å². The molecule has 0 aliphatic heterocycles. The standard InChI is InChI=1S/C20H14F6N6O5/c1-2-32-14(28-17(29-18(32)35)31-30-11-5-7-27-8-6-11)10-3-4-12(36-15(33)19(21,22)23)13(9-10)37-16(34)20(24,25)26/h3-9H,2H2,1H3,(H,27,30)(H,29,31,35). The van der Waals surface area contributed by atoms with Gasteiger partial charge in [-0.2, -0.15) is 36.3 Å². The Morgan fingerprint density at radius 1 is 0.892 bits per heavy atom. The van der Waals surface area contributed by atoms with Gasteiger partial charge in [-0.15, -0.1) is 0 Å². The molecule has 0 aliphatic carbocycles. The molecule has 0 saturated carbocycles. The van der Waals surface area contributed by atoms with Crippen LogP contribution in [0.2, 0.25) is 0 Å². The van der Waals surface area contributed by atoms with E-state index in [1.807, 2.05) is 0 Å². The number of anilines is 2. The lowest BCUT2D eigenvalue weighted by molar-refractivity contribution is -0.191. The highest BCUT2D eigenvalue weighted by Gasteiger charge is 2.44. The maximum atomic E-state index is 12.7. The average Bonchev–Trinajstić information content (AvgIpc) is 2.82. The highest BCUT2D eigenvalue weighted by molar-refractivity contribution is 5.82. The van der Waals surface area contributed by atoms with Crippen LogP contribution < -0.4 is 26.0 Å². The molecule has 0 spiro atoms. The van der Waals surface area contributed by atoms with Gasteiger partial charge in [-0.05, 0) is 37.3 Å². The molecule has 3 aromatic rings. The van der Waals surface area contributed by atoms with Crippen LogP contribution >= 0.6 is 0 Å². The second-order valence-corrected chi connectivity index (χ2v) is 6.82. The summed E-state index contributed by atoms with van der Waals surface area (Å²) in [5, 5.41) is 0. The van der Waals surface area contributed by atoms with Crippen LogP contribution in [-0.4, -0.2) is 43.8 Å². The number of ether oxygens (including phenoxy) is 2. The van der Waals surface area contributed by atoms with Crippen LogP contribution in [0.15, 0.2) is 47.5 Å². The Hall–Kier alpha value is -4.70. The highest BCUT2D eigenvalue weighted by Crippen LogP contribution is 2.35. The molecule has 0 atom stereocenters. The SMILES string of the molecule is CCn1c(-c2ccc(OC(=O)C(F)(F)F)c(OC(=O)C(F)(F)F)c2)nc(NNc2ccncc2)nc1=O. The number of nitrogens with zero attached hydrogens (tertiary/aromatic N) is 4. The Morgan fingerprint density at radius 3 is 2.05 bits per heavy atom.